The van der Waals surface area contributed by atoms with Gasteiger partial charge >= 0.3 is 0 Å². The van der Waals surface area contributed by atoms with E-state index in [1.165, 1.54) is 32.0 Å². The van der Waals surface area contributed by atoms with Gasteiger partial charge in [-0.1, -0.05) is 120 Å². The molecule has 0 atom stereocenters. The van der Waals surface area contributed by atoms with Crippen molar-refractivity contribution >= 4 is 65.3 Å². The summed E-state index contributed by atoms with van der Waals surface area (Å²) in [7, 11) is 0. The fraction of sp³-hybridized carbons (Fsp3) is 0.113. The first-order valence-electron chi connectivity index (χ1n) is 27.0. The highest BCUT2D eigenvalue weighted by molar-refractivity contribution is 6.32. The minimum Gasteiger partial charge on any atom is -0.515 e. The van der Waals surface area contributed by atoms with Crippen molar-refractivity contribution in [2.45, 2.75) is 46.3 Å². The van der Waals surface area contributed by atoms with Gasteiger partial charge in [-0.3, -0.25) is 28.8 Å². The van der Waals surface area contributed by atoms with Crippen LogP contribution in [0.2, 0.25) is 10.3 Å². The Kier molecular flexibility index (Phi) is 22.0. The lowest BCUT2D eigenvalue weighted by molar-refractivity contribution is 0.111. The molecule has 0 fully saturated rings. The van der Waals surface area contributed by atoms with Crippen LogP contribution in [0.15, 0.2) is 194 Å². The van der Waals surface area contributed by atoms with E-state index in [9.17, 15) is 19.2 Å². The summed E-state index contributed by atoms with van der Waals surface area (Å²) in [5, 5.41) is 46.5. The van der Waals surface area contributed by atoms with Gasteiger partial charge in [-0.15, -0.1) is 15.3 Å². The number of pyridine rings is 6. The summed E-state index contributed by atoms with van der Waals surface area (Å²) in [6.07, 6.45) is 14.1. The van der Waals surface area contributed by atoms with Gasteiger partial charge in [-0.2, -0.15) is 18.6 Å². The number of nitrogens with zero attached hydrogens (tertiary/aromatic N) is 17. The summed E-state index contributed by atoms with van der Waals surface area (Å²) in [6, 6.07) is 45.1. The number of aromatic nitrogens is 17. The second-order valence-electron chi connectivity index (χ2n) is 18.8. The van der Waals surface area contributed by atoms with Gasteiger partial charge in [0.05, 0.1) is 23.2 Å². The van der Waals surface area contributed by atoms with Gasteiger partial charge in [0.25, 0.3) is 0 Å². The lowest BCUT2D eigenvalue weighted by Gasteiger charge is -2.14. The van der Waals surface area contributed by atoms with Gasteiger partial charge in [0.15, 0.2) is 41.2 Å². The van der Waals surface area contributed by atoms with Crippen LogP contribution in [0.1, 0.15) is 73.2 Å². The second-order valence-corrected chi connectivity index (χ2v) is 19.6. The van der Waals surface area contributed by atoms with Gasteiger partial charge in [-0.25, -0.2) is 9.97 Å². The highest BCUT2D eigenvalue weighted by Gasteiger charge is 2.17. The molecule has 0 amide bonds. The van der Waals surface area contributed by atoms with Crippen LogP contribution in [0.4, 0.5) is 0 Å². The van der Waals surface area contributed by atoms with Crippen molar-refractivity contribution in [1.82, 2.24) is 84.9 Å². The quantitative estimate of drug-likeness (QED) is 0.0657. The molecular weight excluding hydrogens is 1200 g/mol. The van der Waals surface area contributed by atoms with Crippen LogP contribution in [0.5, 0.6) is 23.0 Å². The Labute approximate surface area is 520 Å². The number of ether oxygens (including phenoxy) is 4. The molecule has 0 aliphatic carbocycles. The van der Waals surface area contributed by atoms with Crippen LogP contribution >= 0.6 is 23.2 Å². The summed E-state index contributed by atoms with van der Waals surface area (Å²) in [5.41, 5.74) is 7.40. The zero-order valence-electron chi connectivity index (χ0n) is 47.7. The molecule has 0 bridgehead atoms. The summed E-state index contributed by atoms with van der Waals surface area (Å²) < 4.78 is 28.7. The number of fused-ring (bicyclic) bond motifs is 3. The molecule has 0 saturated heterocycles. The average Bonchev–Trinajstić information content (AvgIpc) is 3.10. The summed E-state index contributed by atoms with van der Waals surface area (Å²) in [5.74, 6) is 2.07. The van der Waals surface area contributed by atoms with Crippen molar-refractivity contribution < 1.29 is 38.4 Å². The Morgan fingerprint density at radius 1 is 0.511 bits per heavy atom. The van der Waals surface area contributed by atoms with Crippen LogP contribution in [-0.2, 0) is 26.4 Å². The number of benzene rings is 3. The van der Waals surface area contributed by atoms with Crippen LogP contribution in [-0.4, -0.2) is 109 Å². The maximum atomic E-state index is 11.5. The molecule has 0 aliphatic rings. The standard InChI is InChI=1S/C18H17N7O2.C13H10ClNO2.C13H10N4O2.C12H10ClNO.C6H4N4O2/c1-12(2)25-15(5-8-20-25)17-13(4-3-7-19-17)11-27-16-6-9-24-18(14(16)10-26)21-22-23-24;14-13-11(8-16)12(6-7-15-13)17-9-10-4-2-1-3-5-10;18-8-11-12(6-7-17-13(11)14-15-16-17)19-9-10-4-2-1-3-5-10;13-12-8-11(6-7-14-12)15-9-10-4-2-1-3-5-10;11-3-4-5(12)1-2-10-6(4)7-8-9-10/h3-10,12H,11H2,1-2H3;1-8H,9H2;1-8H,9H2;1-8H,9H2;1-3,11H. The number of halogens is 2. The Morgan fingerprint density at radius 2 is 1.01 bits per heavy atom. The van der Waals surface area contributed by atoms with Crippen molar-refractivity contribution in [3.63, 3.8) is 0 Å². The number of carbonyl (C=O) groups is 3. The predicted molar refractivity (Wildman–Crippen MR) is 328 cm³/mol. The SMILES string of the molecule is CC(C)n1nccc1-c1ncccc1COc1ccn2nnnc2c1C=O.Clc1cc(OCc2ccccc2)ccn1.O=Cc1c(OCc2ccccc2)ccn2nnnc12.O=Cc1c(OCc2ccccc2)ccnc1Cl.O=c1ccn2nnnc2c1=CO. The fourth-order valence-corrected chi connectivity index (χ4v) is 8.59. The minimum atomic E-state index is -0.306. The average molecular weight is 1250 g/mol. The molecular formula is C62H51Cl2N17O9. The third-order valence-electron chi connectivity index (χ3n) is 12.6. The highest BCUT2D eigenvalue weighted by atomic mass is 35.5. The van der Waals surface area contributed by atoms with Crippen LogP contribution in [0.25, 0.3) is 34.6 Å². The fourth-order valence-electron chi connectivity index (χ4n) is 8.23. The Morgan fingerprint density at radius 3 is 1.54 bits per heavy atom. The predicted octanol–water partition coefficient (Wildman–Crippen LogP) is 8.81. The summed E-state index contributed by atoms with van der Waals surface area (Å²) >= 11 is 11.5. The van der Waals surface area contributed by atoms with Gasteiger partial charge in [0.2, 0.25) is 0 Å². The Bertz CT molecular complexity index is 4600. The van der Waals surface area contributed by atoms with E-state index < -0.39 is 0 Å². The van der Waals surface area contributed by atoms with Gasteiger partial charge in [0.1, 0.15) is 76.1 Å². The smallest absolute Gasteiger partial charge is 0.194 e. The highest BCUT2D eigenvalue weighted by Crippen LogP contribution is 2.28. The van der Waals surface area contributed by atoms with Gasteiger partial charge < -0.3 is 24.1 Å². The van der Waals surface area contributed by atoms with E-state index >= 15 is 0 Å². The molecule has 90 heavy (non-hydrogen) atoms. The molecule has 13 aromatic rings. The third-order valence-corrected chi connectivity index (χ3v) is 13.1. The van der Waals surface area contributed by atoms with Crippen molar-refractivity contribution in [3.05, 3.63) is 254 Å². The molecule has 0 saturated carbocycles. The van der Waals surface area contributed by atoms with Crippen LogP contribution in [0.3, 0.4) is 0 Å². The maximum absolute atomic E-state index is 11.5. The first-order chi connectivity index (χ1) is 44.0. The topological polar surface area (TPSA) is 311 Å². The third kappa shape index (κ3) is 16.4. The summed E-state index contributed by atoms with van der Waals surface area (Å²) in [4.78, 5) is 56.8. The number of tetrazole rings is 3. The van der Waals surface area contributed by atoms with Crippen molar-refractivity contribution in [3.8, 4) is 34.4 Å². The molecule has 0 unspecified atom stereocenters. The second kappa shape index (κ2) is 31.6. The maximum Gasteiger partial charge on any atom is 0.194 e. The van der Waals surface area contributed by atoms with E-state index in [1.54, 1.807) is 61.3 Å². The van der Waals surface area contributed by atoms with E-state index in [2.05, 4.69) is 80.5 Å². The normalized spacial score (nSPS) is 10.8. The van der Waals surface area contributed by atoms with E-state index in [4.69, 9.17) is 47.3 Å². The Hall–Kier alpha value is -11.8. The minimum absolute atomic E-state index is 0.0995. The molecule has 10 aromatic heterocycles. The lowest BCUT2D eigenvalue weighted by atomic mass is 10.1. The van der Waals surface area contributed by atoms with Crippen molar-refractivity contribution in [1.29, 1.82) is 0 Å². The van der Waals surface area contributed by atoms with Gasteiger partial charge in [-0.05, 0) is 98.2 Å². The van der Waals surface area contributed by atoms with Gasteiger partial charge in [0, 0.05) is 67.1 Å². The molecule has 26 nitrogen and oxygen atoms in total. The molecule has 10 heterocycles. The molecule has 0 radical (unpaired) electrons. The van der Waals surface area contributed by atoms with E-state index in [-0.39, 0.29) is 39.7 Å². The zero-order valence-corrected chi connectivity index (χ0v) is 49.2. The number of carbonyl (C=O) groups excluding carboxylic acids is 3. The van der Waals surface area contributed by atoms with E-state index in [0.717, 1.165) is 39.4 Å². The molecule has 13 rings (SSSR count). The van der Waals surface area contributed by atoms with Crippen LogP contribution in [0, 0.1) is 0 Å². The summed E-state index contributed by atoms with van der Waals surface area (Å²) in [6.45, 7) is 5.69. The van der Waals surface area contributed by atoms with Crippen molar-refractivity contribution in [2.24, 2.45) is 0 Å². The number of rotatable bonds is 17. The number of hydrogen-bond acceptors (Lipinski definition) is 22. The van der Waals surface area contributed by atoms with E-state index in [0.29, 0.717) is 89.8 Å². The molecule has 1 N–H and O–H groups in total. The first kappa shape index (κ1) is 62.8. The molecule has 452 valence electrons. The number of aliphatic hydroxyl groups is 1. The van der Waals surface area contributed by atoms with Crippen molar-refractivity contribution in [2.75, 3.05) is 0 Å². The van der Waals surface area contributed by atoms with Crippen LogP contribution < -0.4 is 29.6 Å². The number of aldehydes is 3. The first-order valence-corrected chi connectivity index (χ1v) is 27.8. The Balaban J connectivity index is 0.000000137. The molecule has 0 aliphatic heterocycles. The molecule has 28 heteroatoms. The molecule has 3 aromatic carbocycles. The number of aliphatic hydroxyl groups excluding tert-OH is 1. The molecule has 0 spiro atoms. The monoisotopic (exact) mass is 1250 g/mol. The zero-order chi connectivity index (χ0) is 63.0. The van der Waals surface area contributed by atoms with E-state index in [1.807, 2.05) is 114 Å². The lowest BCUT2D eigenvalue weighted by Crippen LogP contribution is -2.26. The number of hydrogen-bond donors (Lipinski definition) is 1. The largest absolute Gasteiger partial charge is 0.515 e.